The summed E-state index contributed by atoms with van der Waals surface area (Å²) in [5.74, 6) is 0.620. The highest BCUT2D eigenvalue weighted by atomic mass is 32.1. The van der Waals surface area contributed by atoms with E-state index in [1.54, 1.807) is 4.90 Å². The number of fused-ring (bicyclic) bond motifs is 2. The van der Waals surface area contributed by atoms with Crippen LogP contribution >= 0.6 is 11.3 Å². The zero-order chi connectivity index (χ0) is 21.5. The summed E-state index contributed by atoms with van der Waals surface area (Å²) in [5, 5.41) is 0.935. The van der Waals surface area contributed by atoms with E-state index in [0.717, 1.165) is 28.6 Å². The fourth-order valence-corrected chi connectivity index (χ4v) is 5.50. The van der Waals surface area contributed by atoms with E-state index >= 15 is 0 Å². The van der Waals surface area contributed by atoms with Crippen LogP contribution in [0, 0.1) is 11.3 Å². The summed E-state index contributed by atoms with van der Waals surface area (Å²) in [6, 6.07) is 12.2. The fraction of sp³-hybridized carbons (Fsp3) is 0.440. The molecule has 0 aliphatic heterocycles. The number of hydrogen-bond donors (Lipinski definition) is 1. The van der Waals surface area contributed by atoms with Gasteiger partial charge in [-0.05, 0) is 47.8 Å². The lowest BCUT2D eigenvalue weighted by molar-refractivity contribution is 0.0791. The second kappa shape index (κ2) is 8.03. The molecule has 2 heterocycles. The van der Waals surface area contributed by atoms with Crippen molar-refractivity contribution in [3.8, 4) is 0 Å². The van der Waals surface area contributed by atoms with Crippen molar-refractivity contribution in [2.24, 2.45) is 11.3 Å². The maximum atomic E-state index is 13.1. The van der Waals surface area contributed by atoms with Gasteiger partial charge < -0.3 is 10.6 Å². The lowest BCUT2D eigenvalue weighted by Gasteiger charge is -2.36. The molecule has 158 valence electrons. The van der Waals surface area contributed by atoms with Crippen LogP contribution in [0.4, 0.5) is 5.69 Å². The number of benzene rings is 1. The number of carbonyl (C=O) groups is 1. The minimum absolute atomic E-state index is 0.0395. The molecule has 0 radical (unpaired) electrons. The van der Waals surface area contributed by atoms with Crippen molar-refractivity contribution < 1.29 is 4.79 Å². The van der Waals surface area contributed by atoms with Gasteiger partial charge >= 0.3 is 0 Å². The number of thiophene rings is 1. The van der Waals surface area contributed by atoms with Crippen LogP contribution in [0.2, 0.25) is 0 Å². The summed E-state index contributed by atoms with van der Waals surface area (Å²) < 4.78 is 0. The Labute approximate surface area is 183 Å². The van der Waals surface area contributed by atoms with Crippen molar-refractivity contribution in [3.63, 3.8) is 0 Å². The van der Waals surface area contributed by atoms with Gasteiger partial charge in [0.2, 0.25) is 0 Å². The Kier molecular flexibility index (Phi) is 5.58. The van der Waals surface area contributed by atoms with Crippen molar-refractivity contribution in [1.82, 2.24) is 9.88 Å². The van der Waals surface area contributed by atoms with E-state index < -0.39 is 0 Å². The Bertz CT molecular complexity index is 1070. The number of amides is 1. The van der Waals surface area contributed by atoms with Gasteiger partial charge in [-0.15, -0.1) is 11.3 Å². The molecule has 2 aromatic heterocycles. The molecule has 4 nitrogen and oxygen atoms in total. The lowest BCUT2D eigenvalue weighted by Crippen LogP contribution is -2.29. The van der Waals surface area contributed by atoms with Crippen LogP contribution in [0.5, 0.6) is 0 Å². The fourth-order valence-electron chi connectivity index (χ4n) is 4.41. The van der Waals surface area contributed by atoms with E-state index in [-0.39, 0.29) is 5.91 Å². The van der Waals surface area contributed by atoms with Gasteiger partial charge in [-0.2, -0.15) is 0 Å². The molecule has 0 unspecified atom stereocenters. The quantitative estimate of drug-likeness (QED) is 0.575. The third-order valence-electron chi connectivity index (χ3n) is 6.91. The molecular formula is C25H31N3OS. The second-order valence-electron chi connectivity index (χ2n) is 9.22. The molecule has 1 aliphatic rings. The SMILES string of the molecule is CCC(C)(C)[C@@H]1CCc2nc3sc(C(=O)N(C)Cc4ccccc4)c(N)c3cc2C1. The van der Waals surface area contributed by atoms with Crippen LogP contribution in [0.3, 0.4) is 0 Å². The van der Waals surface area contributed by atoms with E-state index in [2.05, 4.69) is 26.8 Å². The van der Waals surface area contributed by atoms with Gasteiger partial charge in [-0.25, -0.2) is 4.98 Å². The van der Waals surface area contributed by atoms with E-state index in [1.807, 2.05) is 37.4 Å². The van der Waals surface area contributed by atoms with Crippen molar-refractivity contribution in [2.75, 3.05) is 12.8 Å². The number of aromatic nitrogens is 1. The summed E-state index contributed by atoms with van der Waals surface area (Å²) >= 11 is 1.43. The molecule has 30 heavy (non-hydrogen) atoms. The first kappa shape index (κ1) is 20.9. The molecular weight excluding hydrogens is 390 g/mol. The first-order valence-corrected chi connectivity index (χ1v) is 11.6. The topological polar surface area (TPSA) is 59.2 Å². The molecule has 1 atom stereocenters. The highest BCUT2D eigenvalue weighted by Crippen LogP contribution is 2.42. The molecule has 2 N–H and O–H groups in total. The standard InChI is InChI=1S/C25H31N3OS/c1-5-25(2,3)18-11-12-20-17(13-18)14-19-21(26)22(30-23(19)27-20)24(29)28(4)15-16-9-7-6-8-10-16/h6-10,14,18H,5,11-13,15,26H2,1-4H3/t18-/m1/s1. The van der Waals surface area contributed by atoms with Crippen molar-refractivity contribution in [3.05, 3.63) is 58.1 Å². The predicted octanol–water partition coefficient (Wildman–Crippen LogP) is 5.69. The largest absolute Gasteiger partial charge is 0.397 e. The van der Waals surface area contributed by atoms with Crippen LogP contribution in [0.15, 0.2) is 36.4 Å². The lowest BCUT2D eigenvalue weighted by atomic mass is 9.69. The monoisotopic (exact) mass is 421 g/mol. The normalized spacial score (nSPS) is 16.5. The molecule has 1 amide bonds. The zero-order valence-electron chi connectivity index (χ0n) is 18.4. The van der Waals surface area contributed by atoms with E-state index in [9.17, 15) is 4.79 Å². The van der Waals surface area contributed by atoms with Crippen molar-refractivity contribution in [1.29, 1.82) is 0 Å². The molecule has 1 aliphatic carbocycles. The van der Waals surface area contributed by atoms with Gasteiger partial charge in [0.05, 0.1) is 5.69 Å². The average molecular weight is 422 g/mol. The number of rotatable bonds is 5. The minimum Gasteiger partial charge on any atom is -0.397 e. The molecule has 0 saturated carbocycles. The summed E-state index contributed by atoms with van der Waals surface area (Å²) in [5.41, 5.74) is 11.0. The van der Waals surface area contributed by atoms with Crippen LogP contribution in [-0.2, 0) is 19.4 Å². The maximum Gasteiger partial charge on any atom is 0.266 e. The van der Waals surface area contributed by atoms with Crippen LogP contribution in [0.1, 0.15) is 60.1 Å². The molecule has 0 saturated heterocycles. The first-order valence-electron chi connectivity index (χ1n) is 10.8. The molecule has 3 aromatic rings. The number of hydrogen-bond acceptors (Lipinski definition) is 4. The third-order valence-corrected chi connectivity index (χ3v) is 8.01. The minimum atomic E-state index is -0.0395. The average Bonchev–Trinajstić information content (AvgIpc) is 3.07. The first-order chi connectivity index (χ1) is 14.3. The molecule has 5 heteroatoms. The number of carbonyl (C=O) groups excluding carboxylic acids is 1. The molecule has 4 rings (SSSR count). The Hall–Kier alpha value is -2.40. The smallest absolute Gasteiger partial charge is 0.266 e. The molecule has 1 aromatic carbocycles. The number of nitrogen functional groups attached to an aromatic ring is 1. The number of pyridine rings is 1. The third kappa shape index (κ3) is 3.83. The van der Waals surface area contributed by atoms with Gasteiger partial charge in [0.15, 0.2) is 0 Å². The van der Waals surface area contributed by atoms with Gasteiger partial charge in [-0.3, -0.25) is 4.79 Å². The van der Waals surface area contributed by atoms with Crippen LogP contribution in [0.25, 0.3) is 10.2 Å². The number of aryl methyl sites for hydroxylation is 1. The van der Waals surface area contributed by atoms with Crippen molar-refractivity contribution in [2.45, 2.75) is 53.0 Å². The predicted molar refractivity (Wildman–Crippen MR) is 126 cm³/mol. The number of nitrogens with zero attached hydrogens (tertiary/aromatic N) is 2. The van der Waals surface area contributed by atoms with E-state index in [1.165, 1.54) is 35.4 Å². The van der Waals surface area contributed by atoms with Crippen molar-refractivity contribution >= 4 is 33.1 Å². The summed E-state index contributed by atoms with van der Waals surface area (Å²) in [6.07, 6.45) is 4.41. The van der Waals surface area contributed by atoms with Gasteiger partial charge in [-0.1, -0.05) is 57.5 Å². The molecule has 0 fully saturated rings. The zero-order valence-corrected chi connectivity index (χ0v) is 19.2. The second-order valence-corrected chi connectivity index (χ2v) is 10.2. The maximum absolute atomic E-state index is 13.1. The highest BCUT2D eigenvalue weighted by Gasteiger charge is 2.32. The van der Waals surface area contributed by atoms with Crippen LogP contribution < -0.4 is 5.73 Å². The summed E-state index contributed by atoms with van der Waals surface area (Å²) in [4.78, 5) is 21.3. The molecule has 0 spiro atoms. The van der Waals surface area contributed by atoms with Crippen LogP contribution in [-0.4, -0.2) is 22.8 Å². The summed E-state index contributed by atoms with van der Waals surface area (Å²) in [7, 11) is 1.83. The Morgan fingerprint density at radius 3 is 2.73 bits per heavy atom. The number of anilines is 1. The molecule has 0 bridgehead atoms. The Balaban J connectivity index is 1.62. The van der Waals surface area contributed by atoms with E-state index in [0.29, 0.717) is 28.4 Å². The van der Waals surface area contributed by atoms with Gasteiger partial charge in [0.1, 0.15) is 9.71 Å². The van der Waals surface area contributed by atoms with E-state index in [4.69, 9.17) is 10.7 Å². The number of nitrogens with two attached hydrogens (primary N) is 1. The van der Waals surface area contributed by atoms with Gasteiger partial charge in [0, 0.05) is 24.7 Å². The Morgan fingerprint density at radius 2 is 2.03 bits per heavy atom. The summed E-state index contributed by atoms with van der Waals surface area (Å²) in [6.45, 7) is 7.57. The van der Waals surface area contributed by atoms with Gasteiger partial charge in [0.25, 0.3) is 5.91 Å². The highest BCUT2D eigenvalue weighted by molar-refractivity contribution is 7.21. The Morgan fingerprint density at radius 1 is 1.30 bits per heavy atom.